The maximum atomic E-state index is 10.2. The molecule has 4 rings (SSSR count). The Bertz CT molecular complexity index is 1250. The van der Waals surface area contributed by atoms with Gasteiger partial charge in [0.25, 0.3) is 0 Å². The van der Waals surface area contributed by atoms with E-state index < -0.39 is 29.4 Å². The molecule has 0 aliphatic rings. The maximum Gasteiger partial charge on any atom is 0.115 e. The highest BCUT2D eigenvalue weighted by Crippen LogP contribution is 2.44. The Kier molecular flexibility index (Phi) is 9.32. The lowest BCUT2D eigenvalue weighted by Crippen LogP contribution is -2.87. The standard InChI is InChI=1S/C34H46O4Si4/c1-39(2,3)41(23-27-7-15-31(35)16-8-27,24-28-9-17-32(36)18-10-28)42(40(4,5)6,25-29-11-19-33(37)20-12-29)26-30-13-21-34(38)22-14-30/h7-22,35-38H,23-26H2,1-6H3. The number of hydrogen-bond acceptors (Lipinski definition) is 4. The molecule has 4 nitrogen and oxygen atoms in total. The van der Waals surface area contributed by atoms with Gasteiger partial charge >= 0.3 is 0 Å². The topological polar surface area (TPSA) is 80.9 Å². The summed E-state index contributed by atoms with van der Waals surface area (Å²) in [5, 5.41) is 40.7. The summed E-state index contributed by atoms with van der Waals surface area (Å²) < 4.78 is 0. The summed E-state index contributed by atoms with van der Waals surface area (Å²) in [5.74, 6) is 1.16. The van der Waals surface area contributed by atoms with Crippen molar-refractivity contribution < 1.29 is 20.4 Å². The van der Waals surface area contributed by atoms with Crippen LogP contribution in [0.2, 0.25) is 39.3 Å². The van der Waals surface area contributed by atoms with Crippen molar-refractivity contribution in [2.24, 2.45) is 0 Å². The lowest BCUT2D eigenvalue weighted by molar-refractivity contribution is 0.474. The summed E-state index contributed by atoms with van der Waals surface area (Å²) in [6.45, 7) is 15.6. The van der Waals surface area contributed by atoms with Crippen molar-refractivity contribution in [1.82, 2.24) is 0 Å². The molecular weight excluding hydrogens is 585 g/mol. The number of phenolic OH excluding ortho intramolecular Hbond substituents is 4. The van der Waals surface area contributed by atoms with Crippen LogP contribution in [-0.4, -0.2) is 49.8 Å². The third kappa shape index (κ3) is 6.77. The van der Waals surface area contributed by atoms with Crippen LogP contribution in [0.15, 0.2) is 97.1 Å². The molecule has 0 saturated heterocycles. The fourth-order valence-electron chi connectivity index (χ4n) is 7.15. The number of phenols is 4. The normalized spacial score (nSPS) is 12.8. The fraction of sp³-hybridized carbons (Fsp3) is 0.294. The second kappa shape index (κ2) is 12.3. The zero-order valence-electron chi connectivity index (χ0n) is 25.9. The Morgan fingerprint density at radius 3 is 0.643 bits per heavy atom. The number of benzene rings is 4. The molecule has 4 aromatic rings. The molecule has 0 spiro atoms. The Morgan fingerprint density at radius 2 is 0.500 bits per heavy atom. The molecule has 42 heavy (non-hydrogen) atoms. The lowest BCUT2D eigenvalue weighted by Gasteiger charge is -2.61. The minimum absolute atomic E-state index is 0.291. The van der Waals surface area contributed by atoms with E-state index in [-0.39, 0.29) is 0 Å². The van der Waals surface area contributed by atoms with Crippen molar-refractivity contribution in [1.29, 1.82) is 0 Å². The monoisotopic (exact) mass is 630 g/mol. The quantitative estimate of drug-likeness (QED) is 0.128. The Morgan fingerprint density at radius 1 is 0.333 bits per heavy atom. The average molecular weight is 631 g/mol. The molecule has 222 valence electrons. The Balaban J connectivity index is 2.07. The second-order valence-corrected chi connectivity index (χ2v) is 52.3. The average Bonchev–Trinajstić information content (AvgIpc) is 2.91. The van der Waals surface area contributed by atoms with Crippen LogP contribution < -0.4 is 0 Å². The first-order valence-corrected chi connectivity index (χ1v) is 29.6. The molecule has 0 aromatic heterocycles. The summed E-state index contributed by atoms with van der Waals surface area (Å²) >= 11 is 0. The van der Waals surface area contributed by atoms with Gasteiger partial charge in [0.2, 0.25) is 0 Å². The molecular formula is C34H46O4Si4. The van der Waals surface area contributed by atoms with E-state index >= 15 is 0 Å². The van der Waals surface area contributed by atoms with E-state index in [0.29, 0.717) is 23.0 Å². The lowest BCUT2D eigenvalue weighted by atomic mass is 10.2. The van der Waals surface area contributed by atoms with Gasteiger partial charge in [0.1, 0.15) is 23.0 Å². The largest absolute Gasteiger partial charge is 0.508 e. The minimum atomic E-state index is -2.27. The zero-order valence-corrected chi connectivity index (χ0v) is 29.9. The SMILES string of the molecule is C[Si](C)(C)[Si](Cc1ccc(O)cc1)(Cc1ccc(O)cc1)[Si](Cc1ccc(O)cc1)(Cc1ccc(O)cc1)[Si](C)(C)C. The predicted octanol–water partition coefficient (Wildman–Crippen LogP) is 7.75. The third-order valence-corrected chi connectivity index (χ3v) is 72.5. The number of aromatic hydroxyl groups is 4. The third-order valence-electron chi connectivity index (χ3n) is 9.56. The van der Waals surface area contributed by atoms with E-state index in [9.17, 15) is 20.4 Å². The predicted molar refractivity (Wildman–Crippen MR) is 185 cm³/mol. The van der Waals surface area contributed by atoms with Crippen molar-refractivity contribution in [3.8, 4) is 23.0 Å². The van der Waals surface area contributed by atoms with Gasteiger partial charge in [-0.15, -0.1) is 0 Å². The van der Waals surface area contributed by atoms with E-state index in [0.717, 1.165) is 24.2 Å². The van der Waals surface area contributed by atoms with Gasteiger partial charge in [0.15, 0.2) is 0 Å². The van der Waals surface area contributed by atoms with Crippen molar-refractivity contribution in [2.45, 2.75) is 63.5 Å². The summed E-state index contributed by atoms with van der Waals surface area (Å²) in [6, 6.07) is 35.8. The van der Waals surface area contributed by atoms with E-state index in [1.807, 2.05) is 48.5 Å². The smallest absolute Gasteiger partial charge is 0.115 e. The first-order valence-electron chi connectivity index (χ1n) is 14.8. The molecule has 0 bridgehead atoms. The molecule has 0 amide bonds. The molecule has 0 aliphatic heterocycles. The van der Waals surface area contributed by atoms with Crippen LogP contribution in [0.4, 0.5) is 0 Å². The van der Waals surface area contributed by atoms with Crippen LogP contribution in [-0.2, 0) is 24.2 Å². The van der Waals surface area contributed by atoms with Crippen LogP contribution in [0.1, 0.15) is 22.3 Å². The van der Waals surface area contributed by atoms with E-state index in [4.69, 9.17) is 0 Å². The van der Waals surface area contributed by atoms with Crippen LogP contribution in [0.25, 0.3) is 0 Å². The highest BCUT2D eigenvalue weighted by molar-refractivity contribution is 7.83. The summed E-state index contributed by atoms with van der Waals surface area (Å²) in [4.78, 5) is 0. The van der Waals surface area contributed by atoms with Gasteiger partial charge in [0, 0.05) is 29.4 Å². The van der Waals surface area contributed by atoms with Gasteiger partial charge in [-0.3, -0.25) is 0 Å². The van der Waals surface area contributed by atoms with Crippen molar-refractivity contribution in [3.63, 3.8) is 0 Å². The van der Waals surface area contributed by atoms with Gasteiger partial charge in [-0.05, 0) is 72.7 Å². The molecule has 0 atom stereocenters. The van der Waals surface area contributed by atoms with Crippen LogP contribution in [0, 0.1) is 0 Å². The van der Waals surface area contributed by atoms with Crippen LogP contribution in [0.3, 0.4) is 0 Å². The highest BCUT2D eigenvalue weighted by atomic mass is 29.8. The van der Waals surface area contributed by atoms with E-state index in [1.54, 1.807) is 0 Å². The van der Waals surface area contributed by atoms with Gasteiger partial charge in [-0.25, -0.2) is 0 Å². The van der Waals surface area contributed by atoms with Crippen molar-refractivity contribution in [3.05, 3.63) is 119 Å². The molecule has 0 unspecified atom stereocenters. The highest BCUT2D eigenvalue weighted by Gasteiger charge is 2.65. The van der Waals surface area contributed by atoms with Crippen LogP contribution >= 0.6 is 0 Å². The van der Waals surface area contributed by atoms with E-state index in [2.05, 4.69) is 87.8 Å². The maximum absolute atomic E-state index is 10.2. The fourth-order valence-corrected chi connectivity index (χ4v) is 90.7. The zero-order chi connectivity index (χ0) is 30.8. The van der Waals surface area contributed by atoms with Gasteiger partial charge in [-0.2, -0.15) is 0 Å². The van der Waals surface area contributed by atoms with Gasteiger partial charge < -0.3 is 20.4 Å². The molecule has 0 aliphatic carbocycles. The second-order valence-electron chi connectivity index (χ2n) is 14.0. The first kappa shape index (κ1) is 31.9. The molecule has 0 heterocycles. The molecule has 4 N–H and O–H groups in total. The number of rotatable bonds is 11. The summed E-state index contributed by atoms with van der Waals surface area (Å²) in [5.41, 5.74) is 5.19. The number of hydrogen-bond donors (Lipinski definition) is 4. The molecule has 4 aromatic carbocycles. The molecule has 0 radical (unpaired) electrons. The Labute approximate surface area is 254 Å². The molecule has 0 saturated carbocycles. The van der Waals surface area contributed by atoms with Crippen molar-refractivity contribution >= 4 is 29.4 Å². The summed E-state index contributed by atoms with van der Waals surface area (Å²) in [6.07, 6.45) is 0. The first-order chi connectivity index (χ1) is 19.6. The Hall–Kier alpha value is -3.05. The van der Waals surface area contributed by atoms with Gasteiger partial charge in [0.05, 0.1) is 0 Å². The van der Waals surface area contributed by atoms with E-state index in [1.165, 1.54) is 22.3 Å². The molecule has 8 heteroatoms. The minimum Gasteiger partial charge on any atom is -0.508 e. The summed E-state index contributed by atoms with van der Waals surface area (Å²) in [7, 11) is -8.33. The van der Waals surface area contributed by atoms with Crippen LogP contribution in [0.5, 0.6) is 23.0 Å². The molecule has 0 fully saturated rings. The van der Waals surface area contributed by atoms with Gasteiger partial charge in [-0.1, -0.05) is 110 Å². The van der Waals surface area contributed by atoms with Crippen molar-refractivity contribution in [2.75, 3.05) is 0 Å².